The molecule has 4 heterocycles. The first-order valence-corrected chi connectivity index (χ1v) is 8.21. The smallest absolute Gasteiger partial charge is 0.237 e. The third-order valence-corrected chi connectivity index (χ3v) is 4.00. The molecule has 4 rings (SSSR count). The Bertz CT molecular complexity index is 941. The Morgan fingerprint density at radius 2 is 2.12 bits per heavy atom. The summed E-state index contributed by atoms with van der Waals surface area (Å²) in [5.74, 6) is 1.03. The molecule has 0 N–H and O–H groups in total. The zero-order valence-electron chi connectivity index (χ0n) is 15.1. The zero-order chi connectivity index (χ0) is 18.3. The Labute approximate surface area is 150 Å². The molecule has 0 aliphatic carbocycles. The Hall–Kier alpha value is -3.17. The fraction of sp³-hybridized carbons (Fsp3) is 0.438. The maximum atomic E-state index is 6.02. The summed E-state index contributed by atoms with van der Waals surface area (Å²) < 4.78 is 12.5. The fourth-order valence-electron chi connectivity index (χ4n) is 2.66. The van der Waals surface area contributed by atoms with Gasteiger partial charge in [0.15, 0.2) is 18.1 Å². The van der Waals surface area contributed by atoms with Crippen molar-refractivity contribution in [1.29, 1.82) is 0 Å². The van der Waals surface area contributed by atoms with E-state index < -0.39 is 0 Å². The lowest BCUT2D eigenvalue weighted by Crippen LogP contribution is -2.29. The van der Waals surface area contributed by atoms with Crippen LogP contribution in [-0.2, 0) is 5.41 Å². The van der Waals surface area contributed by atoms with Gasteiger partial charge in [-0.3, -0.25) is 5.01 Å². The van der Waals surface area contributed by atoms with Crippen LogP contribution in [0.1, 0.15) is 26.3 Å². The van der Waals surface area contributed by atoms with Crippen LogP contribution in [0.2, 0.25) is 0 Å². The van der Waals surface area contributed by atoms with Gasteiger partial charge in [-0.1, -0.05) is 25.9 Å². The molecular formula is C16H20N8O2. The maximum Gasteiger partial charge on any atom is 0.237 e. The molecule has 0 amide bonds. The van der Waals surface area contributed by atoms with Gasteiger partial charge < -0.3 is 14.2 Å². The number of nitrogens with zero attached hydrogens (tertiary/aromatic N) is 8. The van der Waals surface area contributed by atoms with Gasteiger partial charge in [0, 0.05) is 18.7 Å². The molecule has 26 heavy (non-hydrogen) atoms. The Morgan fingerprint density at radius 3 is 2.77 bits per heavy atom. The van der Waals surface area contributed by atoms with Crippen molar-refractivity contribution in [3.63, 3.8) is 0 Å². The molecule has 10 nitrogen and oxygen atoms in total. The van der Waals surface area contributed by atoms with Gasteiger partial charge in [-0.15, -0.1) is 15.3 Å². The number of fused-ring (bicyclic) bond motifs is 1. The highest BCUT2D eigenvalue weighted by Crippen LogP contribution is 2.31. The van der Waals surface area contributed by atoms with Crippen LogP contribution in [0, 0.1) is 0 Å². The molecule has 0 unspecified atom stereocenters. The van der Waals surface area contributed by atoms with Gasteiger partial charge in [-0.25, -0.2) is 0 Å². The number of hydrazone groups is 1. The van der Waals surface area contributed by atoms with Crippen molar-refractivity contribution >= 4 is 12.0 Å². The van der Waals surface area contributed by atoms with E-state index >= 15 is 0 Å². The number of hydrogen-bond donors (Lipinski definition) is 0. The van der Waals surface area contributed by atoms with Crippen LogP contribution < -0.4 is 4.74 Å². The van der Waals surface area contributed by atoms with Crippen molar-refractivity contribution in [3.8, 4) is 17.4 Å². The first kappa shape index (κ1) is 16.3. The maximum absolute atomic E-state index is 6.02. The molecule has 1 aliphatic rings. The minimum absolute atomic E-state index is 0.167. The number of rotatable bonds is 4. The molecule has 0 radical (unpaired) electrons. The van der Waals surface area contributed by atoms with Crippen LogP contribution >= 0.6 is 0 Å². The summed E-state index contributed by atoms with van der Waals surface area (Å²) >= 11 is 0. The predicted molar refractivity (Wildman–Crippen MR) is 93.4 cm³/mol. The van der Waals surface area contributed by atoms with Crippen molar-refractivity contribution in [2.75, 3.05) is 20.4 Å². The van der Waals surface area contributed by atoms with Crippen molar-refractivity contribution < 1.29 is 9.26 Å². The molecule has 0 bridgehead atoms. The van der Waals surface area contributed by atoms with E-state index in [0.29, 0.717) is 36.4 Å². The van der Waals surface area contributed by atoms with Gasteiger partial charge in [-0.05, 0) is 11.5 Å². The number of ether oxygens (including phenoxy) is 1. The van der Waals surface area contributed by atoms with Crippen LogP contribution in [-0.4, -0.2) is 61.7 Å². The van der Waals surface area contributed by atoms with Crippen molar-refractivity contribution in [3.05, 3.63) is 24.0 Å². The summed E-state index contributed by atoms with van der Waals surface area (Å²) in [6.07, 6.45) is 3.23. The summed E-state index contributed by atoms with van der Waals surface area (Å²) in [6.45, 7) is 7.33. The zero-order valence-corrected chi connectivity index (χ0v) is 15.1. The summed E-state index contributed by atoms with van der Waals surface area (Å²) in [6, 6.07) is 3.66. The number of aromatic nitrogens is 5. The Balaban J connectivity index is 1.72. The second kappa shape index (κ2) is 5.97. The van der Waals surface area contributed by atoms with Gasteiger partial charge in [0.25, 0.3) is 0 Å². The fourth-order valence-corrected chi connectivity index (χ4v) is 2.66. The molecule has 0 aromatic carbocycles. The lowest BCUT2D eigenvalue weighted by molar-refractivity contribution is 0.155. The third kappa shape index (κ3) is 2.93. The topological polar surface area (TPSA) is 97.2 Å². The summed E-state index contributed by atoms with van der Waals surface area (Å²) in [4.78, 5) is 1.95. The monoisotopic (exact) mass is 356 g/mol. The predicted octanol–water partition coefficient (Wildman–Crippen LogP) is 1.56. The van der Waals surface area contributed by atoms with Crippen LogP contribution in [0.4, 0.5) is 0 Å². The van der Waals surface area contributed by atoms with Crippen LogP contribution in [0.3, 0.4) is 0 Å². The largest absolute Gasteiger partial charge is 0.455 e. The lowest BCUT2D eigenvalue weighted by Gasteiger charge is -2.23. The Morgan fingerprint density at radius 1 is 1.27 bits per heavy atom. The van der Waals surface area contributed by atoms with E-state index in [1.807, 2.05) is 23.0 Å². The van der Waals surface area contributed by atoms with Crippen molar-refractivity contribution in [1.82, 2.24) is 34.9 Å². The van der Waals surface area contributed by atoms with Gasteiger partial charge in [0.2, 0.25) is 11.7 Å². The molecule has 3 aromatic rings. The highest BCUT2D eigenvalue weighted by molar-refractivity contribution is 5.57. The highest BCUT2D eigenvalue weighted by Gasteiger charge is 2.24. The average Bonchev–Trinajstić information content (AvgIpc) is 3.31. The molecule has 0 saturated carbocycles. The van der Waals surface area contributed by atoms with Gasteiger partial charge in [0.1, 0.15) is 19.3 Å². The lowest BCUT2D eigenvalue weighted by atomic mass is 9.88. The molecular weight excluding hydrogens is 336 g/mol. The van der Waals surface area contributed by atoms with E-state index in [-0.39, 0.29) is 5.41 Å². The molecule has 0 saturated heterocycles. The quantitative estimate of drug-likeness (QED) is 0.695. The summed E-state index contributed by atoms with van der Waals surface area (Å²) in [5.41, 5.74) is 1.98. The minimum Gasteiger partial charge on any atom is -0.455 e. The van der Waals surface area contributed by atoms with Gasteiger partial charge in [-0.2, -0.15) is 9.62 Å². The normalized spacial score (nSPS) is 14.6. The van der Waals surface area contributed by atoms with E-state index in [0.717, 1.165) is 5.56 Å². The first-order chi connectivity index (χ1) is 12.4. The van der Waals surface area contributed by atoms with Crippen molar-refractivity contribution in [2.45, 2.75) is 26.2 Å². The van der Waals surface area contributed by atoms with E-state index in [4.69, 9.17) is 9.26 Å². The van der Waals surface area contributed by atoms with E-state index in [1.165, 1.54) is 6.26 Å². The average molecular weight is 356 g/mol. The second-order valence-electron chi connectivity index (χ2n) is 7.18. The molecule has 0 spiro atoms. The third-order valence-electron chi connectivity index (χ3n) is 4.00. The molecule has 0 fully saturated rings. The minimum atomic E-state index is -0.167. The van der Waals surface area contributed by atoms with E-state index in [2.05, 4.69) is 46.3 Å². The second-order valence-corrected chi connectivity index (χ2v) is 7.18. The standard InChI is InChI=1S/C16H20N8O2/c1-16(2,3)11-7-13-18-19-14(12-5-6-26-21-12)24(13)20-15(11)25-10-23-8-17-22(4)9-23/h5-8H,9-10H2,1-4H3. The van der Waals surface area contributed by atoms with Crippen LogP contribution in [0.5, 0.6) is 5.88 Å². The van der Waals surface area contributed by atoms with Crippen LogP contribution in [0.25, 0.3) is 17.2 Å². The van der Waals surface area contributed by atoms with Gasteiger partial charge >= 0.3 is 0 Å². The molecule has 10 heteroatoms. The SMILES string of the molecule is CN1CN(COc2nn3c(-c4ccon4)nnc3cc2C(C)(C)C)C=N1. The highest BCUT2D eigenvalue weighted by atomic mass is 16.5. The molecule has 0 atom stereocenters. The first-order valence-electron chi connectivity index (χ1n) is 8.21. The number of hydrogen-bond acceptors (Lipinski definition) is 9. The summed E-state index contributed by atoms with van der Waals surface area (Å²) in [7, 11) is 1.91. The Kier molecular flexibility index (Phi) is 3.74. The molecule has 1 aliphatic heterocycles. The van der Waals surface area contributed by atoms with E-state index in [9.17, 15) is 0 Å². The summed E-state index contributed by atoms with van der Waals surface area (Å²) in [5, 5.41) is 23.0. The van der Waals surface area contributed by atoms with E-state index in [1.54, 1.807) is 16.9 Å². The van der Waals surface area contributed by atoms with Crippen LogP contribution in [0.15, 0.2) is 28.0 Å². The van der Waals surface area contributed by atoms with Crippen molar-refractivity contribution in [2.24, 2.45) is 5.10 Å². The molecule has 3 aromatic heterocycles. The van der Waals surface area contributed by atoms with Gasteiger partial charge in [0.05, 0.1) is 0 Å². The molecule has 136 valence electrons.